The molecule has 1 saturated carbocycles. The number of amides is 1. The molecule has 2 aromatic rings. The Bertz CT molecular complexity index is 854. The number of nitriles is 1. The first kappa shape index (κ1) is 20.5. The molecule has 0 unspecified atom stereocenters. The first-order valence-electron chi connectivity index (χ1n) is 10.2. The Morgan fingerprint density at radius 3 is 2.68 bits per heavy atom. The average molecular weight is 401 g/mol. The predicted octanol–water partition coefficient (Wildman–Crippen LogP) is 5.48. The van der Waals surface area contributed by atoms with Gasteiger partial charge in [-0.2, -0.15) is 10.2 Å². The summed E-state index contributed by atoms with van der Waals surface area (Å²) in [6.07, 6.45) is 8.74. The minimum atomic E-state index is -0.0529. The van der Waals surface area contributed by atoms with Crippen LogP contribution in [-0.4, -0.2) is 16.0 Å². The molecule has 3 rings (SSSR count). The summed E-state index contributed by atoms with van der Waals surface area (Å²) in [6, 6.07) is 2.21. The number of carbonyl (C=O) groups excluding carboxylic acids is 1. The van der Waals surface area contributed by atoms with E-state index in [0.29, 0.717) is 22.4 Å². The molecule has 0 aliphatic heterocycles. The maximum absolute atomic E-state index is 12.5. The lowest BCUT2D eigenvalue weighted by atomic mass is 9.87. The monoisotopic (exact) mass is 400 g/mol. The molecule has 150 valence electrons. The van der Waals surface area contributed by atoms with E-state index in [2.05, 4.69) is 21.5 Å². The lowest BCUT2D eigenvalue weighted by Gasteiger charge is -2.19. The van der Waals surface area contributed by atoms with Crippen LogP contribution in [0.15, 0.2) is 4.52 Å². The molecule has 7 heteroatoms. The van der Waals surface area contributed by atoms with Gasteiger partial charge in [0.05, 0.1) is 10.4 Å². The Kier molecular flexibility index (Phi) is 6.84. The Labute approximate surface area is 170 Å². The van der Waals surface area contributed by atoms with Crippen LogP contribution in [0.2, 0.25) is 0 Å². The van der Waals surface area contributed by atoms with Crippen molar-refractivity contribution in [2.75, 3.05) is 5.32 Å². The summed E-state index contributed by atoms with van der Waals surface area (Å²) < 4.78 is 5.51. The molecule has 0 bridgehead atoms. The number of rotatable bonds is 7. The van der Waals surface area contributed by atoms with Gasteiger partial charge in [0.25, 0.3) is 5.89 Å². The van der Waals surface area contributed by atoms with Crippen LogP contribution in [0.4, 0.5) is 5.00 Å². The minimum Gasteiger partial charge on any atom is -0.333 e. The van der Waals surface area contributed by atoms with E-state index >= 15 is 0 Å². The van der Waals surface area contributed by atoms with Gasteiger partial charge in [0, 0.05) is 12.3 Å². The van der Waals surface area contributed by atoms with Crippen molar-refractivity contribution in [1.82, 2.24) is 10.1 Å². The molecule has 0 saturated heterocycles. The van der Waals surface area contributed by atoms with Gasteiger partial charge in [-0.05, 0) is 31.2 Å². The van der Waals surface area contributed by atoms with E-state index in [4.69, 9.17) is 4.52 Å². The maximum Gasteiger partial charge on any atom is 0.268 e. The largest absolute Gasteiger partial charge is 0.333 e. The van der Waals surface area contributed by atoms with Crippen LogP contribution in [0.5, 0.6) is 0 Å². The Balaban J connectivity index is 1.80. The first-order valence-corrected chi connectivity index (χ1v) is 11.1. The highest BCUT2D eigenvalue weighted by molar-refractivity contribution is 7.20. The van der Waals surface area contributed by atoms with Crippen LogP contribution in [0.3, 0.4) is 0 Å². The standard InChI is InChI=1S/C21H28N4O2S/c1-4-15(5-2)19(26)24-21-16(12-22)13(3)18(28-21)20-23-17(25-27-20)11-14-9-7-6-8-10-14/h14-15H,4-11H2,1-3H3,(H,24,26). The number of nitrogens with one attached hydrogen (secondary N) is 1. The van der Waals surface area contributed by atoms with Crippen molar-refractivity contribution in [1.29, 1.82) is 5.26 Å². The zero-order valence-corrected chi connectivity index (χ0v) is 17.7. The molecule has 0 radical (unpaired) electrons. The van der Waals surface area contributed by atoms with E-state index in [0.717, 1.165) is 35.5 Å². The van der Waals surface area contributed by atoms with Crippen LogP contribution < -0.4 is 5.32 Å². The van der Waals surface area contributed by atoms with Crippen molar-refractivity contribution < 1.29 is 9.32 Å². The van der Waals surface area contributed by atoms with Gasteiger partial charge < -0.3 is 9.84 Å². The van der Waals surface area contributed by atoms with Crippen molar-refractivity contribution in [3.8, 4) is 16.8 Å². The summed E-state index contributed by atoms with van der Waals surface area (Å²) in [6.45, 7) is 5.86. The SMILES string of the molecule is CCC(CC)C(=O)Nc1sc(-c2nc(CC3CCCCC3)no2)c(C)c1C#N. The smallest absolute Gasteiger partial charge is 0.268 e. The third kappa shape index (κ3) is 4.44. The van der Waals surface area contributed by atoms with Gasteiger partial charge in [0.2, 0.25) is 5.91 Å². The highest BCUT2D eigenvalue weighted by atomic mass is 32.1. The molecular weight excluding hydrogens is 372 g/mol. The Hall–Kier alpha value is -2.20. The summed E-state index contributed by atoms with van der Waals surface area (Å²) >= 11 is 1.34. The lowest BCUT2D eigenvalue weighted by Crippen LogP contribution is -2.21. The third-order valence-electron chi connectivity index (χ3n) is 5.71. The van der Waals surface area contributed by atoms with E-state index in [1.54, 1.807) is 0 Å². The first-order chi connectivity index (χ1) is 13.6. The number of hydrogen-bond acceptors (Lipinski definition) is 6. The normalized spacial score (nSPS) is 15.0. The van der Waals surface area contributed by atoms with E-state index in [1.165, 1.54) is 43.4 Å². The molecule has 2 heterocycles. The summed E-state index contributed by atoms with van der Waals surface area (Å²) in [5.74, 6) is 1.71. The fraction of sp³-hybridized carbons (Fsp3) is 0.619. The van der Waals surface area contributed by atoms with Gasteiger partial charge in [0.1, 0.15) is 11.1 Å². The van der Waals surface area contributed by atoms with E-state index in [1.807, 2.05) is 20.8 Å². The molecule has 0 spiro atoms. The van der Waals surface area contributed by atoms with Gasteiger partial charge >= 0.3 is 0 Å². The zero-order valence-electron chi connectivity index (χ0n) is 16.9. The number of aromatic nitrogens is 2. The molecule has 1 aliphatic rings. The molecular formula is C21H28N4O2S. The van der Waals surface area contributed by atoms with Crippen molar-refractivity contribution in [2.45, 2.75) is 72.1 Å². The van der Waals surface area contributed by atoms with Gasteiger partial charge in [-0.25, -0.2) is 0 Å². The fourth-order valence-corrected chi connectivity index (χ4v) is 4.97. The van der Waals surface area contributed by atoms with Crippen LogP contribution >= 0.6 is 11.3 Å². The summed E-state index contributed by atoms with van der Waals surface area (Å²) in [7, 11) is 0. The molecule has 28 heavy (non-hydrogen) atoms. The maximum atomic E-state index is 12.5. The van der Waals surface area contributed by atoms with Crippen LogP contribution in [0, 0.1) is 30.1 Å². The highest BCUT2D eigenvalue weighted by Gasteiger charge is 2.24. The lowest BCUT2D eigenvalue weighted by molar-refractivity contribution is -0.120. The highest BCUT2D eigenvalue weighted by Crippen LogP contribution is 2.39. The summed E-state index contributed by atoms with van der Waals surface area (Å²) in [5.41, 5.74) is 1.26. The number of carbonyl (C=O) groups is 1. The Morgan fingerprint density at radius 1 is 1.32 bits per heavy atom. The third-order valence-corrected chi connectivity index (χ3v) is 6.91. The molecule has 1 amide bonds. The number of anilines is 1. The number of thiophene rings is 1. The van der Waals surface area contributed by atoms with Crippen LogP contribution in [0.1, 0.15) is 75.7 Å². The fourth-order valence-electron chi connectivity index (χ4n) is 3.89. The minimum absolute atomic E-state index is 0.0437. The van der Waals surface area contributed by atoms with Crippen molar-refractivity contribution in [3.63, 3.8) is 0 Å². The predicted molar refractivity (Wildman–Crippen MR) is 110 cm³/mol. The molecule has 1 N–H and O–H groups in total. The average Bonchev–Trinajstić information content (AvgIpc) is 3.27. The molecule has 0 aromatic carbocycles. The number of hydrogen-bond donors (Lipinski definition) is 1. The van der Waals surface area contributed by atoms with E-state index < -0.39 is 0 Å². The van der Waals surface area contributed by atoms with Crippen LogP contribution in [0.25, 0.3) is 10.8 Å². The van der Waals surface area contributed by atoms with Crippen molar-refractivity contribution in [2.24, 2.45) is 11.8 Å². The quantitative estimate of drug-likeness (QED) is 0.665. The van der Waals surface area contributed by atoms with Crippen molar-refractivity contribution in [3.05, 3.63) is 17.0 Å². The number of nitrogens with zero attached hydrogens (tertiary/aromatic N) is 3. The molecule has 6 nitrogen and oxygen atoms in total. The second-order valence-electron chi connectivity index (χ2n) is 7.60. The van der Waals surface area contributed by atoms with Gasteiger partial charge in [-0.3, -0.25) is 4.79 Å². The van der Waals surface area contributed by atoms with Crippen molar-refractivity contribution >= 4 is 22.2 Å². The Morgan fingerprint density at radius 2 is 2.04 bits per heavy atom. The molecule has 1 aliphatic carbocycles. The zero-order chi connectivity index (χ0) is 20.1. The topological polar surface area (TPSA) is 91.8 Å². The molecule has 0 atom stereocenters. The van der Waals surface area contributed by atoms with E-state index in [9.17, 15) is 10.1 Å². The van der Waals surface area contributed by atoms with Gasteiger partial charge in [-0.1, -0.05) is 51.1 Å². The second kappa shape index (κ2) is 9.33. The van der Waals surface area contributed by atoms with Crippen LogP contribution in [-0.2, 0) is 11.2 Å². The van der Waals surface area contributed by atoms with E-state index in [-0.39, 0.29) is 11.8 Å². The van der Waals surface area contributed by atoms with Gasteiger partial charge in [0.15, 0.2) is 5.82 Å². The van der Waals surface area contributed by atoms with Gasteiger partial charge in [-0.15, -0.1) is 11.3 Å². The summed E-state index contributed by atoms with van der Waals surface area (Å²) in [4.78, 5) is 17.8. The molecule has 1 fully saturated rings. The molecule has 2 aromatic heterocycles. The summed E-state index contributed by atoms with van der Waals surface area (Å²) in [5, 5.41) is 17.2. The second-order valence-corrected chi connectivity index (χ2v) is 8.62.